The lowest BCUT2D eigenvalue weighted by atomic mass is 10.1. The fourth-order valence-electron chi connectivity index (χ4n) is 3.31. The van der Waals surface area contributed by atoms with Crippen LogP contribution in [0.1, 0.15) is 22.6 Å². The number of carboxylic acid groups (broad SMARTS) is 1. The predicted molar refractivity (Wildman–Crippen MR) is 80.5 cm³/mol. The van der Waals surface area contributed by atoms with Crippen molar-refractivity contribution in [3.05, 3.63) is 59.2 Å². The van der Waals surface area contributed by atoms with Crippen LogP contribution in [0.3, 0.4) is 0 Å². The minimum atomic E-state index is -4.44. The van der Waals surface area contributed by atoms with Gasteiger partial charge in [-0.25, -0.2) is 0 Å². The maximum atomic E-state index is 13.0. The van der Waals surface area contributed by atoms with Gasteiger partial charge in [-0.2, -0.15) is 13.2 Å². The van der Waals surface area contributed by atoms with Gasteiger partial charge in [-0.05, 0) is 12.1 Å². The topological polar surface area (TPSA) is 55.8 Å². The zero-order valence-electron chi connectivity index (χ0n) is 12.8. The van der Waals surface area contributed by atoms with E-state index in [0.29, 0.717) is 11.5 Å². The number of halogens is 3. The zero-order valence-corrected chi connectivity index (χ0v) is 12.8. The molecule has 0 aromatic heterocycles. The number of fused-ring (bicyclic) bond motifs is 3. The van der Waals surface area contributed by atoms with Gasteiger partial charge in [0.15, 0.2) is 0 Å². The molecular formula is C18H13F3O4. The molecule has 0 unspecified atom stereocenters. The van der Waals surface area contributed by atoms with Crippen LogP contribution in [-0.2, 0) is 17.6 Å². The first-order valence-corrected chi connectivity index (χ1v) is 7.67. The Bertz CT molecular complexity index is 846. The van der Waals surface area contributed by atoms with Gasteiger partial charge in [0.05, 0.1) is 5.56 Å². The van der Waals surface area contributed by atoms with E-state index in [4.69, 9.17) is 14.6 Å². The Morgan fingerprint density at radius 2 is 1.96 bits per heavy atom. The van der Waals surface area contributed by atoms with Gasteiger partial charge in [-0.3, -0.25) is 4.79 Å². The van der Waals surface area contributed by atoms with E-state index in [-0.39, 0.29) is 24.2 Å². The highest BCUT2D eigenvalue weighted by molar-refractivity contribution is 5.79. The molecule has 0 spiro atoms. The van der Waals surface area contributed by atoms with Crippen LogP contribution in [0.4, 0.5) is 13.2 Å². The number of benzene rings is 2. The summed E-state index contributed by atoms with van der Waals surface area (Å²) in [5, 5.41) is 9.04. The maximum Gasteiger partial charge on any atom is 0.416 e. The minimum Gasteiger partial charge on any atom is -0.489 e. The van der Waals surface area contributed by atoms with E-state index in [2.05, 4.69) is 0 Å². The van der Waals surface area contributed by atoms with Gasteiger partial charge in [-0.1, -0.05) is 24.3 Å². The Morgan fingerprint density at radius 3 is 2.68 bits per heavy atom. The number of alkyl halides is 3. The largest absolute Gasteiger partial charge is 0.489 e. The molecule has 0 amide bonds. The van der Waals surface area contributed by atoms with Crippen molar-refractivity contribution in [3.63, 3.8) is 0 Å². The lowest BCUT2D eigenvalue weighted by Gasteiger charge is -2.14. The number of carboxylic acids is 1. The molecule has 2 aromatic carbocycles. The molecule has 25 heavy (non-hydrogen) atoms. The van der Waals surface area contributed by atoms with E-state index in [1.165, 1.54) is 18.2 Å². The number of rotatable bonds is 4. The molecule has 130 valence electrons. The molecule has 1 saturated carbocycles. The van der Waals surface area contributed by atoms with E-state index in [1.54, 1.807) is 18.2 Å². The normalized spacial score (nSPS) is 23.4. The van der Waals surface area contributed by atoms with Crippen LogP contribution in [0.2, 0.25) is 0 Å². The second-order valence-corrected chi connectivity index (χ2v) is 6.12. The standard InChI is InChI=1S/C18H13F3O4/c19-18(20,21)12-4-2-1-3-9(12)8-24-10-5-6-11-13(7-10)25-16-14(11)15(16)17(22)23/h1-7,14-16H,8H2,(H,22,23)/t14-,15-,16-/m1/s1. The molecule has 1 N–H and O–H groups in total. The predicted octanol–water partition coefficient (Wildman–Crippen LogP) is 3.84. The lowest BCUT2D eigenvalue weighted by Crippen LogP contribution is -2.11. The molecule has 1 fully saturated rings. The third-order valence-corrected chi connectivity index (χ3v) is 4.56. The smallest absolute Gasteiger partial charge is 0.416 e. The zero-order chi connectivity index (χ0) is 17.8. The van der Waals surface area contributed by atoms with Crippen molar-refractivity contribution in [2.24, 2.45) is 5.92 Å². The van der Waals surface area contributed by atoms with Gasteiger partial charge in [0.1, 0.15) is 30.1 Å². The van der Waals surface area contributed by atoms with E-state index >= 15 is 0 Å². The van der Waals surface area contributed by atoms with E-state index < -0.39 is 23.6 Å². The fourth-order valence-corrected chi connectivity index (χ4v) is 3.31. The quantitative estimate of drug-likeness (QED) is 0.910. The van der Waals surface area contributed by atoms with Crippen LogP contribution in [0, 0.1) is 5.92 Å². The third kappa shape index (κ3) is 2.69. The molecule has 4 nitrogen and oxygen atoms in total. The van der Waals surface area contributed by atoms with E-state index in [9.17, 15) is 18.0 Å². The minimum absolute atomic E-state index is 0.0465. The van der Waals surface area contributed by atoms with Crippen molar-refractivity contribution in [3.8, 4) is 11.5 Å². The Morgan fingerprint density at radius 1 is 1.20 bits per heavy atom. The van der Waals surface area contributed by atoms with Crippen LogP contribution in [0.5, 0.6) is 11.5 Å². The first kappa shape index (κ1) is 15.8. The summed E-state index contributed by atoms with van der Waals surface area (Å²) in [6.45, 7) is -0.223. The third-order valence-electron chi connectivity index (χ3n) is 4.56. The van der Waals surface area contributed by atoms with Gasteiger partial charge in [0.2, 0.25) is 0 Å². The Hall–Kier alpha value is -2.70. The molecule has 4 rings (SSSR count). The van der Waals surface area contributed by atoms with Gasteiger partial charge < -0.3 is 14.6 Å². The molecule has 3 atom stereocenters. The van der Waals surface area contributed by atoms with E-state index in [0.717, 1.165) is 11.6 Å². The number of aliphatic carboxylic acids is 1. The first-order chi connectivity index (χ1) is 11.9. The molecule has 1 heterocycles. The number of hydrogen-bond donors (Lipinski definition) is 1. The SMILES string of the molecule is O=C(O)[C@H]1[C@@H]2Oc3cc(OCc4ccccc4C(F)(F)F)ccc3[C@@H]21. The van der Waals surface area contributed by atoms with Crippen molar-refractivity contribution in [2.75, 3.05) is 0 Å². The summed E-state index contributed by atoms with van der Waals surface area (Å²) in [6.07, 6.45) is -4.79. The Balaban J connectivity index is 1.49. The molecule has 1 aliphatic carbocycles. The average molecular weight is 350 g/mol. The molecule has 0 bridgehead atoms. The summed E-state index contributed by atoms with van der Waals surface area (Å²) in [4.78, 5) is 11.0. The average Bonchev–Trinajstić information content (AvgIpc) is 3.15. The first-order valence-electron chi connectivity index (χ1n) is 7.67. The molecule has 0 radical (unpaired) electrons. The highest BCUT2D eigenvalue weighted by atomic mass is 19.4. The van der Waals surface area contributed by atoms with Gasteiger partial charge in [0, 0.05) is 23.1 Å². The summed E-state index contributed by atoms with van der Waals surface area (Å²) in [7, 11) is 0. The molecule has 2 aliphatic rings. The number of carbonyl (C=O) groups is 1. The lowest BCUT2D eigenvalue weighted by molar-refractivity contribution is -0.140. The van der Waals surface area contributed by atoms with Crippen LogP contribution in [0.15, 0.2) is 42.5 Å². The van der Waals surface area contributed by atoms with Crippen LogP contribution in [-0.4, -0.2) is 17.2 Å². The second-order valence-electron chi connectivity index (χ2n) is 6.12. The van der Waals surface area contributed by atoms with Crippen molar-refractivity contribution in [1.29, 1.82) is 0 Å². The van der Waals surface area contributed by atoms with Crippen LogP contribution >= 0.6 is 0 Å². The highest BCUT2D eigenvalue weighted by Crippen LogP contribution is 2.58. The Labute approximate surface area is 140 Å². The van der Waals surface area contributed by atoms with E-state index in [1.807, 2.05) is 0 Å². The summed E-state index contributed by atoms with van der Waals surface area (Å²) < 4.78 is 50.0. The molecule has 7 heteroatoms. The van der Waals surface area contributed by atoms with Gasteiger partial charge in [-0.15, -0.1) is 0 Å². The van der Waals surface area contributed by atoms with Gasteiger partial charge >= 0.3 is 12.1 Å². The summed E-state index contributed by atoms with van der Waals surface area (Å²) in [5.41, 5.74) is 0.128. The molecule has 1 aliphatic heterocycles. The van der Waals surface area contributed by atoms with Crippen molar-refractivity contribution in [1.82, 2.24) is 0 Å². The van der Waals surface area contributed by atoms with Crippen LogP contribution in [0.25, 0.3) is 0 Å². The van der Waals surface area contributed by atoms with Crippen molar-refractivity contribution < 1.29 is 32.5 Å². The Kier molecular flexibility index (Phi) is 3.42. The maximum absolute atomic E-state index is 13.0. The van der Waals surface area contributed by atoms with Crippen LogP contribution < -0.4 is 9.47 Å². The highest BCUT2D eigenvalue weighted by Gasteiger charge is 2.63. The second kappa shape index (κ2) is 5.40. The van der Waals surface area contributed by atoms with Crippen molar-refractivity contribution >= 4 is 5.97 Å². The summed E-state index contributed by atoms with van der Waals surface area (Å²) >= 11 is 0. The fraction of sp³-hybridized carbons (Fsp3) is 0.278. The monoisotopic (exact) mass is 350 g/mol. The molecular weight excluding hydrogens is 337 g/mol. The van der Waals surface area contributed by atoms with Gasteiger partial charge in [0.25, 0.3) is 0 Å². The molecule has 2 aromatic rings. The summed E-state index contributed by atoms with van der Waals surface area (Å²) in [6, 6.07) is 10.2. The summed E-state index contributed by atoms with van der Waals surface area (Å²) in [5.74, 6) is -0.631. The van der Waals surface area contributed by atoms with Crippen molar-refractivity contribution in [2.45, 2.75) is 24.8 Å². The number of ether oxygens (including phenoxy) is 2. The molecule has 0 saturated heterocycles. The number of hydrogen-bond acceptors (Lipinski definition) is 3.